The first kappa shape index (κ1) is 20.3. The topological polar surface area (TPSA) is 93.7 Å². The lowest BCUT2D eigenvalue weighted by Crippen LogP contribution is -2.57. The Kier molecular flexibility index (Phi) is 4.75. The summed E-state index contributed by atoms with van der Waals surface area (Å²) in [5.41, 5.74) is 6.64. The lowest BCUT2D eigenvalue weighted by Gasteiger charge is -2.38. The molecule has 0 radical (unpaired) electrons. The van der Waals surface area contributed by atoms with Gasteiger partial charge < -0.3 is 15.5 Å². The van der Waals surface area contributed by atoms with Crippen LogP contribution in [0.2, 0.25) is 0 Å². The molecule has 3 aliphatic heterocycles. The molecular formula is C22H25F2N5O2. The van der Waals surface area contributed by atoms with E-state index in [1.807, 2.05) is 4.90 Å². The second-order valence-electron chi connectivity index (χ2n) is 9.28. The molecule has 2 N–H and O–H groups in total. The maximum absolute atomic E-state index is 13.6. The van der Waals surface area contributed by atoms with Crippen LogP contribution >= 0.6 is 0 Å². The number of nitriles is 1. The first-order valence-corrected chi connectivity index (χ1v) is 10.8. The van der Waals surface area contributed by atoms with Gasteiger partial charge in [0, 0.05) is 31.2 Å². The van der Waals surface area contributed by atoms with Crippen molar-refractivity contribution in [3.63, 3.8) is 0 Å². The van der Waals surface area contributed by atoms with Crippen molar-refractivity contribution in [1.82, 2.24) is 14.7 Å². The normalized spacial score (nSPS) is 33.4. The van der Waals surface area contributed by atoms with Gasteiger partial charge in [0.2, 0.25) is 11.8 Å². The van der Waals surface area contributed by atoms with E-state index in [-0.39, 0.29) is 36.5 Å². The lowest BCUT2D eigenvalue weighted by atomic mass is 10.0. The van der Waals surface area contributed by atoms with E-state index < -0.39 is 29.8 Å². The Labute approximate surface area is 179 Å². The van der Waals surface area contributed by atoms with E-state index in [1.54, 1.807) is 16.7 Å². The molecule has 4 fully saturated rings. The second-order valence-corrected chi connectivity index (χ2v) is 9.28. The number of carbonyl (C=O) groups excluding carboxylic acids is 2. The Morgan fingerprint density at radius 2 is 1.97 bits per heavy atom. The first-order chi connectivity index (χ1) is 14.8. The highest BCUT2D eigenvalue weighted by Gasteiger charge is 2.56. The number of nitrogens with two attached hydrogens (primary N) is 1. The summed E-state index contributed by atoms with van der Waals surface area (Å²) in [7, 11) is 0. The van der Waals surface area contributed by atoms with Crippen LogP contribution in [-0.2, 0) is 9.59 Å². The second kappa shape index (κ2) is 7.24. The number of nitrogens with zero attached hydrogens (tertiary/aromatic N) is 4. The van der Waals surface area contributed by atoms with Gasteiger partial charge in [0.25, 0.3) is 0 Å². The molecular weight excluding hydrogens is 404 g/mol. The predicted octanol–water partition coefficient (Wildman–Crippen LogP) is 1.15. The van der Waals surface area contributed by atoms with E-state index in [4.69, 9.17) is 5.73 Å². The summed E-state index contributed by atoms with van der Waals surface area (Å²) >= 11 is 0. The van der Waals surface area contributed by atoms with E-state index >= 15 is 0 Å². The molecule has 3 saturated heterocycles. The van der Waals surface area contributed by atoms with Gasteiger partial charge in [-0.3, -0.25) is 14.5 Å². The molecule has 0 spiro atoms. The molecule has 2 unspecified atom stereocenters. The minimum absolute atomic E-state index is 0.0902. The third-order valence-corrected chi connectivity index (χ3v) is 7.36. The number of amides is 2. The highest BCUT2D eigenvalue weighted by molar-refractivity contribution is 5.87. The van der Waals surface area contributed by atoms with Crippen molar-refractivity contribution >= 4 is 11.8 Å². The Morgan fingerprint density at radius 3 is 2.61 bits per heavy atom. The number of benzene rings is 1. The molecule has 5 rings (SSSR count). The van der Waals surface area contributed by atoms with E-state index in [1.165, 1.54) is 12.1 Å². The highest BCUT2D eigenvalue weighted by atomic mass is 19.1. The van der Waals surface area contributed by atoms with Gasteiger partial charge in [0.1, 0.15) is 17.7 Å². The number of halogens is 2. The first-order valence-electron chi connectivity index (χ1n) is 10.8. The van der Waals surface area contributed by atoms with Crippen LogP contribution in [0.25, 0.3) is 0 Å². The van der Waals surface area contributed by atoms with Crippen molar-refractivity contribution in [2.75, 3.05) is 13.1 Å². The van der Waals surface area contributed by atoms with Gasteiger partial charge in [0.15, 0.2) is 0 Å². The summed E-state index contributed by atoms with van der Waals surface area (Å²) in [4.78, 5) is 31.2. The lowest BCUT2D eigenvalue weighted by molar-refractivity contribution is -0.141. The molecule has 7 atom stereocenters. The van der Waals surface area contributed by atoms with Crippen LogP contribution in [0.15, 0.2) is 18.2 Å². The Bertz CT molecular complexity index is 961. The van der Waals surface area contributed by atoms with Crippen molar-refractivity contribution in [3.8, 4) is 6.07 Å². The molecule has 1 aliphatic carbocycles. The maximum Gasteiger partial charge on any atom is 0.242 e. The Balaban J connectivity index is 1.24. The standard InChI is InChI=1S/C22H25F2N5O2/c1-11(12-2-14(23)6-15(24)3-12)28-17-7-20(22(28)31)27(9-17)10-18(26)21(30)29-16(8-25)4-13-5-19(13)29/h2-3,6,11,13,16-20H,4-5,7,9-10,26H2,1H3/t11-,13?,16-,17?,18-,19-,20-/m0/s1. The van der Waals surface area contributed by atoms with Crippen molar-refractivity contribution in [1.29, 1.82) is 5.26 Å². The Hall–Kier alpha value is -2.57. The van der Waals surface area contributed by atoms with Crippen LogP contribution < -0.4 is 5.73 Å². The van der Waals surface area contributed by atoms with Gasteiger partial charge in [-0.1, -0.05) is 0 Å². The van der Waals surface area contributed by atoms with Gasteiger partial charge in [0.05, 0.1) is 24.2 Å². The molecule has 3 heterocycles. The number of hydrogen-bond acceptors (Lipinski definition) is 5. The molecule has 2 bridgehead atoms. The third kappa shape index (κ3) is 3.29. The van der Waals surface area contributed by atoms with Crippen LogP contribution in [-0.4, -0.2) is 69.8 Å². The molecule has 31 heavy (non-hydrogen) atoms. The molecule has 1 aromatic carbocycles. The van der Waals surface area contributed by atoms with E-state index in [0.717, 1.165) is 18.9 Å². The highest BCUT2D eigenvalue weighted by Crippen LogP contribution is 2.48. The quantitative estimate of drug-likeness (QED) is 0.758. The van der Waals surface area contributed by atoms with Crippen LogP contribution in [0.4, 0.5) is 8.78 Å². The van der Waals surface area contributed by atoms with Crippen molar-refractivity contribution in [2.24, 2.45) is 11.7 Å². The molecule has 4 aliphatic rings. The van der Waals surface area contributed by atoms with Crippen LogP contribution in [0, 0.1) is 28.9 Å². The fraction of sp³-hybridized carbons (Fsp3) is 0.591. The summed E-state index contributed by atoms with van der Waals surface area (Å²) in [6.07, 6.45) is 2.27. The molecule has 1 saturated carbocycles. The zero-order chi connectivity index (χ0) is 22.0. The van der Waals surface area contributed by atoms with Gasteiger partial charge >= 0.3 is 0 Å². The van der Waals surface area contributed by atoms with Gasteiger partial charge in [-0.05, 0) is 49.8 Å². The van der Waals surface area contributed by atoms with E-state index in [0.29, 0.717) is 24.4 Å². The zero-order valence-corrected chi connectivity index (χ0v) is 17.2. The number of likely N-dealkylation sites (tertiary alicyclic amines) is 3. The molecule has 2 amide bonds. The van der Waals surface area contributed by atoms with Gasteiger partial charge in [-0.25, -0.2) is 8.78 Å². The molecule has 164 valence electrons. The molecule has 7 nitrogen and oxygen atoms in total. The summed E-state index contributed by atoms with van der Waals surface area (Å²) in [6.45, 7) is 2.59. The van der Waals surface area contributed by atoms with Crippen molar-refractivity contribution < 1.29 is 18.4 Å². The van der Waals surface area contributed by atoms with Crippen LogP contribution in [0.3, 0.4) is 0 Å². The maximum atomic E-state index is 13.6. The van der Waals surface area contributed by atoms with E-state index in [9.17, 15) is 23.6 Å². The fourth-order valence-corrected chi connectivity index (χ4v) is 5.79. The number of fused-ring (bicyclic) bond motifs is 3. The molecule has 9 heteroatoms. The third-order valence-electron chi connectivity index (χ3n) is 7.36. The predicted molar refractivity (Wildman–Crippen MR) is 106 cm³/mol. The molecule has 1 aromatic rings. The Morgan fingerprint density at radius 1 is 1.26 bits per heavy atom. The smallest absolute Gasteiger partial charge is 0.242 e. The molecule has 0 aromatic heterocycles. The number of rotatable bonds is 5. The SMILES string of the molecule is C[C@@H](c1cc(F)cc(F)c1)N1C(=O)[C@@H]2CC1CN2C[C@H](N)C(=O)N1[C@H](C#N)CC2C[C@@H]21. The number of piperidine rings is 1. The zero-order valence-electron chi connectivity index (χ0n) is 17.2. The van der Waals surface area contributed by atoms with Crippen LogP contribution in [0.5, 0.6) is 0 Å². The average Bonchev–Trinajstić information content (AvgIpc) is 3.05. The van der Waals surface area contributed by atoms with Crippen LogP contribution in [0.1, 0.15) is 37.8 Å². The number of hydrogen-bond donors (Lipinski definition) is 1. The van der Waals surface area contributed by atoms with Crippen molar-refractivity contribution in [2.45, 2.75) is 62.4 Å². The van der Waals surface area contributed by atoms with Gasteiger partial charge in [-0.2, -0.15) is 5.26 Å². The van der Waals surface area contributed by atoms with E-state index in [2.05, 4.69) is 6.07 Å². The summed E-state index contributed by atoms with van der Waals surface area (Å²) in [5, 5.41) is 9.33. The summed E-state index contributed by atoms with van der Waals surface area (Å²) in [6, 6.07) is 3.56. The summed E-state index contributed by atoms with van der Waals surface area (Å²) in [5.74, 6) is -1.23. The minimum Gasteiger partial charge on any atom is -0.330 e. The monoisotopic (exact) mass is 429 g/mol. The minimum atomic E-state index is -0.787. The largest absolute Gasteiger partial charge is 0.330 e. The fourth-order valence-electron chi connectivity index (χ4n) is 5.79. The van der Waals surface area contributed by atoms with Crippen molar-refractivity contribution in [3.05, 3.63) is 35.4 Å². The average molecular weight is 429 g/mol. The summed E-state index contributed by atoms with van der Waals surface area (Å²) < 4.78 is 27.3. The number of carbonyl (C=O) groups is 2. The van der Waals surface area contributed by atoms with Gasteiger partial charge in [-0.15, -0.1) is 0 Å². The number of piperazine rings is 1.